The molecule has 1 aliphatic rings. The minimum Gasteiger partial charge on any atom is -0.419 e. The van der Waals surface area contributed by atoms with Crippen LogP contribution < -0.4 is 18.9 Å². The smallest absolute Gasteiger partial charge is 0.419 e. The van der Waals surface area contributed by atoms with Crippen LogP contribution in [-0.4, -0.2) is 104 Å². The molecule has 0 radical (unpaired) electrons. The van der Waals surface area contributed by atoms with Gasteiger partial charge in [0.05, 0.1) is 6.42 Å². The molecule has 13 nitrogen and oxygen atoms in total. The van der Waals surface area contributed by atoms with Crippen molar-refractivity contribution in [3.8, 4) is 24.3 Å². The maximum absolute atomic E-state index is 10.8. The van der Waals surface area contributed by atoms with Crippen molar-refractivity contribution in [3.63, 3.8) is 0 Å². The fourth-order valence-corrected chi connectivity index (χ4v) is 2.35. The Morgan fingerprint density at radius 1 is 1.00 bits per heavy atom. The Balaban J connectivity index is -0.000000117. The fraction of sp³-hybridized carbons (Fsp3) is 0.697. The predicted octanol–water partition coefficient (Wildman–Crippen LogP) is 1.94. The van der Waals surface area contributed by atoms with Crippen molar-refractivity contribution >= 4 is 26.2 Å². The number of unbranched alkanes of at least 4 members (excludes halogenated alkanes) is 1. The third-order valence-corrected chi connectivity index (χ3v) is 6.22. The van der Waals surface area contributed by atoms with Gasteiger partial charge in [0, 0.05) is 55.5 Å². The average molecular weight is 699 g/mol. The Bertz CT molecular complexity index is 935. The minimum atomic E-state index is -1.16. The molecule has 0 aromatic heterocycles. The van der Waals surface area contributed by atoms with Crippen molar-refractivity contribution in [1.29, 1.82) is 0 Å². The number of methoxy groups -OCH3 is 6. The molecule has 1 saturated heterocycles. The summed E-state index contributed by atoms with van der Waals surface area (Å²) in [7, 11) is 7.94. The molecule has 2 atom stereocenters. The molecular formula is C33H59LiO13Si. The van der Waals surface area contributed by atoms with Gasteiger partial charge < -0.3 is 49.9 Å². The first-order chi connectivity index (χ1) is 21.7. The zero-order chi connectivity index (χ0) is 38.3. The molecule has 0 aromatic carbocycles. The van der Waals surface area contributed by atoms with Gasteiger partial charge in [0.2, 0.25) is 0 Å². The van der Waals surface area contributed by atoms with E-state index >= 15 is 0 Å². The zero-order valence-electron chi connectivity index (χ0n) is 31.7. The van der Waals surface area contributed by atoms with Crippen molar-refractivity contribution in [2.45, 2.75) is 110 Å². The second-order valence-corrected chi connectivity index (χ2v) is 15.7. The summed E-state index contributed by atoms with van der Waals surface area (Å²) in [5.41, 5.74) is 0.720. The first-order valence-electron chi connectivity index (χ1n) is 14.4. The summed E-state index contributed by atoms with van der Waals surface area (Å²) in [6.45, 7) is 20.5. The van der Waals surface area contributed by atoms with Crippen LogP contribution in [0.15, 0.2) is 12.3 Å². The van der Waals surface area contributed by atoms with Crippen molar-refractivity contribution in [2.75, 3.05) is 42.7 Å². The van der Waals surface area contributed by atoms with Crippen LogP contribution in [0.1, 0.15) is 59.8 Å². The number of ketones is 1. The molecule has 48 heavy (non-hydrogen) atoms. The summed E-state index contributed by atoms with van der Waals surface area (Å²) in [5.74, 6) is 2.59. The molecule has 1 aliphatic heterocycles. The SMILES string of the molecule is C#CC(C)(O)CC(OC)OC.C#C[Si](C)(C)C.C=C1OC(=O)OC1(C)CC(OC)OC.COC(CC(C)=O)OC.O=C=O.[CH2-]CCC.[Li+]. The number of aliphatic hydroxyl groups is 1. The van der Waals surface area contributed by atoms with Crippen LogP contribution in [0.2, 0.25) is 19.6 Å². The largest absolute Gasteiger partial charge is 1.00 e. The third kappa shape index (κ3) is 38.2. The summed E-state index contributed by atoms with van der Waals surface area (Å²) in [6, 6.07) is 0. The number of hydrogen-bond acceptors (Lipinski definition) is 13. The van der Waals surface area contributed by atoms with E-state index in [9.17, 15) is 14.7 Å². The first kappa shape index (κ1) is 57.9. The van der Waals surface area contributed by atoms with E-state index < -0.39 is 38.0 Å². The average Bonchev–Trinajstić information content (AvgIpc) is 3.28. The van der Waals surface area contributed by atoms with Crippen molar-refractivity contribution in [3.05, 3.63) is 19.3 Å². The molecule has 1 heterocycles. The minimum absolute atomic E-state index is 0. The number of terminal acetylenes is 2. The Morgan fingerprint density at radius 2 is 1.35 bits per heavy atom. The third-order valence-electron chi connectivity index (χ3n) is 5.35. The maximum atomic E-state index is 10.8. The molecular weight excluding hydrogens is 639 g/mol. The van der Waals surface area contributed by atoms with Crippen molar-refractivity contribution in [2.24, 2.45) is 0 Å². The number of carbonyl (C=O) groups is 2. The van der Waals surface area contributed by atoms with Crippen LogP contribution in [0.5, 0.6) is 0 Å². The van der Waals surface area contributed by atoms with Gasteiger partial charge in [-0.3, -0.25) is 4.79 Å². The standard InChI is InChI=1S/C9H14O5.C8H14O3.C6H12O3.C5H10Si.C4H9.CO2.Li/c1-6-9(2,14-8(10)13-6)5-7(11-3)12-4;1-5-8(2,9)6-7(10-3)11-4;1-5(7)4-6(8-2)9-3;1-5-6(2,3)4;1-3-4-2;2-1-3;/h7H,1,5H2,2-4H3;1,7,9H,6H2,2-4H3;6H,4H2,1-3H3;1H,2-4H3;1,3-4H2,2H3;;/q;;;;-1;;+1. The van der Waals surface area contributed by atoms with E-state index in [-0.39, 0.29) is 49.3 Å². The monoisotopic (exact) mass is 698 g/mol. The van der Waals surface area contributed by atoms with Crippen LogP contribution >= 0.6 is 0 Å². The molecule has 1 fully saturated rings. The van der Waals surface area contributed by atoms with Gasteiger partial charge in [0.1, 0.15) is 25.2 Å². The van der Waals surface area contributed by atoms with E-state index in [1.807, 2.05) is 0 Å². The maximum Gasteiger partial charge on any atom is 1.00 e. The van der Waals surface area contributed by atoms with Gasteiger partial charge in [-0.1, -0.05) is 45.5 Å². The quantitative estimate of drug-likeness (QED) is 0.0978. The number of rotatable bonds is 13. The number of Topliss-reactive ketones (excluding diaryl/α,β-unsaturated/α-hetero) is 1. The van der Waals surface area contributed by atoms with Crippen LogP contribution in [0.3, 0.4) is 0 Å². The topological polar surface area (TPSA) is 162 Å². The van der Waals surface area contributed by atoms with E-state index in [2.05, 4.69) is 51.5 Å². The van der Waals surface area contributed by atoms with E-state index in [0.29, 0.717) is 12.8 Å². The van der Waals surface area contributed by atoms with Crippen LogP contribution in [0.4, 0.5) is 4.79 Å². The zero-order valence-corrected chi connectivity index (χ0v) is 32.7. The molecule has 0 saturated carbocycles. The molecule has 0 aliphatic carbocycles. The fourth-order valence-electron chi connectivity index (χ4n) is 2.35. The molecule has 0 spiro atoms. The van der Waals surface area contributed by atoms with Gasteiger partial charge in [-0.25, -0.2) is 4.79 Å². The van der Waals surface area contributed by atoms with Gasteiger partial charge in [-0.2, -0.15) is 16.0 Å². The second-order valence-electron chi connectivity index (χ2n) is 10.9. The van der Waals surface area contributed by atoms with Crippen molar-refractivity contribution < 1.29 is 81.0 Å². The van der Waals surface area contributed by atoms with E-state index in [4.69, 9.17) is 60.3 Å². The molecule has 15 heteroatoms. The molecule has 274 valence electrons. The number of carbonyl (C=O) groups excluding carboxylic acids is 4. The van der Waals surface area contributed by atoms with Crippen LogP contribution in [-0.2, 0) is 52.3 Å². The summed E-state index contributed by atoms with van der Waals surface area (Å²) in [4.78, 5) is 37.5. The second kappa shape index (κ2) is 34.6. The normalized spacial score (nSPS) is 15.4. The van der Waals surface area contributed by atoms with Gasteiger partial charge >= 0.3 is 31.2 Å². The van der Waals surface area contributed by atoms with Gasteiger partial charge in [-0.05, 0) is 20.8 Å². The Morgan fingerprint density at radius 3 is 1.54 bits per heavy atom. The van der Waals surface area contributed by atoms with Crippen LogP contribution in [0, 0.1) is 31.2 Å². The Kier molecular flexibility index (Phi) is 41.7. The van der Waals surface area contributed by atoms with E-state index in [1.54, 1.807) is 6.92 Å². The van der Waals surface area contributed by atoms with Crippen LogP contribution in [0.25, 0.3) is 0 Å². The summed E-state index contributed by atoms with van der Waals surface area (Å²) < 4.78 is 38.9. The number of cyclic esters (lactones) is 2. The summed E-state index contributed by atoms with van der Waals surface area (Å²) in [5, 5.41) is 9.36. The van der Waals surface area contributed by atoms with Gasteiger partial charge in [0.25, 0.3) is 0 Å². The molecule has 2 unspecified atom stereocenters. The Labute approximate surface area is 302 Å². The molecule has 0 aromatic rings. The van der Waals surface area contributed by atoms with Crippen molar-refractivity contribution in [1.82, 2.24) is 0 Å². The molecule has 1 rings (SSSR count). The van der Waals surface area contributed by atoms with E-state index in [0.717, 1.165) is 6.42 Å². The van der Waals surface area contributed by atoms with Gasteiger partial charge in [0.15, 0.2) is 24.5 Å². The molecule has 1 N–H and O–H groups in total. The number of ether oxygens (including phenoxy) is 8. The van der Waals surface area contributed by atoms with E-state index in [1.165, 1.54) is 62.9 Å². The molecule has 0 amide bonds. The van der Waals surface area contributed by atoms with Gasteiger partial charge in [-0.15, -0.1) is 18.4 Å². The molecule has 0 bridgehead atoms. The predicted molar refractivity (Wildman–Crippen MR) is 180 cm³/mol. The number of hydrogen-bond donors (Lipinski definition) is 1. The summed E-state index contributed by atoms with van der Waals surface area (Å²) >= 11 is 0. The summed E-state index contributed by atoms with van der Waals surface area (Å²) in [6.07, 6.45) is 11.6. The first-order valence-corrected chi connectivity index (χ1v) is 17.9. The Hall–Kier alpha value is -2.29.